The van der Waals surface area contributed by atoms with E-state index in [1.807, 2.05) is 0 Å². The second kappa shape index (κ2) is 7.51. The molecule has 1 rings (SSSR count). The fourth-order valence-corrected chi connectivity index (χ4v) is 5.29. The highest BCUT2D eigenvalue weighted by atomic mass is 32.2. The molecule has 1 aliphatic carbocycles. The summed E-state index contributed by atoms with van der Waals surface area (Å²) in [4.78, 5) is 0. The van der Waals surface area contributed by atoms with Crippen molar-refractivity contribution in [2.24, 2.45) is 5.90 Å². The van der Waals surface area contributed by atoms with E-state index in [1.165, 1.54) is 0 Å². The third kappa shape index (κ3) is 6.85. The third-order valence-electron chi connectivity index (χ3n) is 3.25. The van der Waals surface area contributed by atoms with Crippen molar-refractivity contribution >= 4 is 30.2 Å². The third-order valence-corrected chi connectivity index (χ3v) is 6.92. The van der Waals surface area contributed by atoms with Crippen LogP contribution >= 0.6 is 0 Å². The standard InChI is InChI=1S/C9H21N3O7S3/c1-20(13,14)12-8-3-2-4-9(7-8)22(17,18)11-5-6-21(15,16)19-10/h8-9,11-12H,2-7,10H2,1H3. The predicted octanol–water partition coefficient (Wildman–Crippen LogP) is -2.01. The van der Waals surface area contributed by atoms with E-state index in [2.05, 4.69) is 19.6 Å². The minimum absolute atomic E-state index is 0.141. The van der Waals surface area contributed by atoms with Gasteiger partial charge in [0.25, 0.3) is 10.1 Å². The normalized spacial score (nSPS) is 24.3. The molecule has 0 radical (unpaired) electrons. The van der Waals surface area contributed by atoms with Crippen molar-refractivity contribution in [1.29, 1.82) is 0 Å². The van der Waals surface area contributed by atoms with Gasteiger partial charge in [0, 0.05) is 12.6 Å². The Hall–Kier alpha value is -0.310. The molecule has 0 aromatic heterocycles. The van der Waals surface area contributed by atoms with E-state index in [0.29, 0.717) is 19.3 Å². The van der Waals surface area contributed by atoms with Crippen molar-refractivity contribution in [3.05, 3.63) is 0 Å². The van der Waals surface area contributed by atoms with Crippen LogP contribution in [-0.4, -0.2) is 55.1 Å². The van der Waals surface area contributed by atoms with Crippen LogP contribution in [0.5, 0.6) is 0 Å². The maximum Gasteiger partial charge on any atom is 0.284 e. The second-order valence-electron chi connectivity index (χ2n) is 5.17. The number of sulfonamides is 2. The topological polar surface area (TPSA) is 162 Å². The predicted molar refractivity (Wildman–Crippen MR) is 80.0 cm³/mol. The monoisotopic (exact) mass is 379 g/mol. The molecule has 0 saturated heterocycles. The largest absolute Gasteiger partial charge is 0.284 e. The van der Waals surface area contributed by atoms with E-state index >= 15 is 0 Å². The average Bonchev–Trinajstić information content (AvgIpc) is 2.36. The molecule has 0 heterocycles. The van der Waals surface area contributed by atoms with E-state index in [0.717, 1.165) is 6.26 Å². The number of rotatable bonds is 8. The smallest absolute Gasteiger partial charge is 0.214 e. The van der Waals surface area contributed by atoms with E-state index in [-0.39, 0.29) is 13.0 Å². The summed E-state index contributed by atoms with van der Waals surface area (Å²) in [6, 6.07) is -0.443. The Balaban J connectivity index is 2.61. The lowest BCUT2D eigenvalue weighted by Gasteiger charge is -2.29. The van der Waals surface area contributed by atoms with Gasteiger partial charge in [0.1, 0.15) is 0 Å². The molecule has 0 aromatic rings. The van der Waals surface area contributed by atoms with Gasteiger partial charge in [-0.05, 0) is 19.3 Å². The maximum absolute atomic E-state index is 12.1. The summed E-state index contributed by atoms with van der Waals surface area (Å²) in [5, 5.41) is -0.776. The van der Waals surface area contributed by atoms with Crippen LogP contribution in [0.2, 0.25) is 0 Å². The zero-order valence-corrected chi connectivity index (χ0v) is 14.5. The summed E-state index contributed by atoms with van der Waals surface area (Å²) < 4.78 is 77.0. The van der Waals surface area contributed by atoms with Gasteiger partial charge in [-0.3, -0.25) is 0 Å². The lowest BCUT2D eigenvalue weighted by Crippen LogP contribution is -2.45. The molecular weight excluding hydrogens is 358 g/mol. The van der Waals surface area contributed by atoms with E-state index in [9.17, 15) is 25.3 Å². The van der Waals surface area contributed by atoms with Crippen molar-refractivity contribution in [3.8, 4) is 0 Å². The van der Waals surface area contributed by atoms with Crippen molar-refractivity contribution in [2.45, 2.75) is 37.0 Å². The molecule has 0 spiro atoms. The summed E-state index contributed by atoms with van der Waals surface area (Å²) >= 11 is 0. The second-order valence-corrected chi connectivity index (χ2v) is 10.7. The Labute approximate surface area is 131 Å². The number of hydrogen-bond donors (Lipinski definition) is 3. The lowest BCUT2D eigenvalue weighted by molar-refractivity contribution is 0.333. The molecule has 0 bridgehead atoms. The number of hydrogen-bond acceptors (Lipinski definition) is 8. The minimum atomic E-state index is -3.95. The van der Waals surface area contributed by atoms with Gasteiger partial charge in [-0.2, -0.15) is 18.6 Å². The first-order valence-corrected chi connectivity index (χ1v) is 11.5. The maximum atomic E-state index is 12.1. The van der Waals surface area contributed by atoms with E-state index < -0.39 is 47.2 Å². The highest BCUT2D eigenvalue weighted by molar-refractivity contribution is 7.90. The summed E-state index contributed by atoms with van der Waals surface area (Å²) in [6.07, 6.45) is 2.67. The summed E-state index contributed by atoms with van der Waals surface area (Å²) in [6.45, 7) is -0.359. The molecule has 0 aromatic carbocycles. The number of nitrogens with two attached hydrogens (primary N) is 1. The SMILES string of the molecule is CS(=O)(=O)NC1CCCC(S(=O)(=O)NCCS(=O)(=O)ON)C1. The van der Waals surface area contributed by atoms with Crippen LogP contribution in [-0.2, 0) is 34.4 Å². The molecule has 1 aliphatic rings. The van der Waals surface area contributed by atoms with Crippen molar-refractivity contribution < 1.29 is 29.5 Å². The highest BCUT2D eigenvalue weighted by Gasteiger charge is 2.32. The van der Waals surface area contributed by atoms with Crippen molar-refractivity contribution in [1.82, 2.24) is 9.44 Å². The minimum Gasteiger partial charge on any atom is -0.214 e. The zero-order valence-electron chi connectivity index (χ0n) is 12.1. The van der Waals surface area contributed by atoms with Gasteiger partial charge in [0.05, 0.1) is 17.3 Å². The van der Waals surface area contributed by atoms with Crippen molar-refractivity contribution in [2.75, 3.05) is 18.6 Å². The molecule has 4 N–H and O–H groups in total. The first kappa shape index (κ1) is 19.7. The summed E-state index contributed by atoms with van der Waals surface area (Å²) in [7, 11) is -11.1. The highest BCUT2D eigenvalue weighted by Crippen LogP contribution is 2.24. The first-order chi connectivity index (χ1) is 9.95. The quantitative estimate of drug-likeness (QED) is 0.407. The van der Waals surface area contributed by atoms with Gasteiger partial charge in [0.15, 0.2) is 0 Å². The Kier molecular flexibility index (Phi) is 6.73. The molecule has 1 saturated carbocycles. The fourth-order valence-electron chi connectivity index (χ4n) is 2.31. The fraction of sp³-hybridized carbons (Fsp3) is 1.00. The Bertz CT molecular complexity index is 671. The molecule has 0 amide bonds. The van der Waals surface area contributed by atoms with Crippen molar-refractivity contribution in [3.63, 3.8) is 0 Å². The van der Waals surface area contributed by atoms with Crippen LogP contribution in [0.15, 0.2) is 0 Å². The zero-order chi connectivity index (χ0) is 17.0. The van der Waals surface area contributed by atoms with Gasteiger partial charge < -0.3 is 0 Å². The number of nitrogens with one attached hydrogen (secondary N) is 2. The molecular formula is C9H21N3O7S3. The van der Waals surface area contributed by atoms with Crippen LogP contribution in [0.1, 0.15) is 25.7 Å². The van der Waals surface area contributed by atoms with Crippen LogP contribution in [0.3, 0.4) is 0 Å². The Morgan fingerprint density at radius 2 is 1.77 bits per heavy atom. The molecule has 0 aliphatic heterocycles. The van der Waals surface area contributed by atoms with Crippen LogP contribution in [0.4, 0.5) is 0 Å². The molecule has 2 atom stereocenters. The van der Waals surface area contributed by atoms with E-state index in [1.54, 1.807) is 0 Å². The molecule has 13 heteroatoms. The summed E-state index contributed by atoms with van der Waals surface area (Å²) in [5.41, 5.74) is 0. The molecule has 10 nitrogen and oxygen atoms in total. The van der Waals surface area contributed by atoms with Gasteiger partial charge in [-0.15, -0.1) is 0 Å². The van der Waals surface area contributed by atoms with Gasteiger partial charge in [-0.1, -0.05) is 6.42 Å². The van der Waals surface area contributed by atoms with Gasteiger partial charge in [0.2, 0.25) is 20.0 Å². The Morgan fingerprint density at radius 3 is 2.32 bits per heavy atom. The van der Waals surface area contributed by atoms with E-state index in [4.69, 9.17) is 0 Å². The average molecular weight is 379 g/mol. The molecule has 2 unspecified atom stereocenters. The molecule has 132 valence electrons. The molecule has 22 heavy (non-hydrogen) atoms. The van der Waals surface area contributed by atoms with Crippen LogP contribution in [0.25, 0.3) is 0 Å². The van der Waals surface area contributed by atoms with Crippen LogP contribution < -0.4 is 15.3 Å². The van der Waals surface area contributed by atoms with Gasteiger partial charge in [-0.25, -0.2) is 26.3 Å². The van der Waals surface area contributed by atoms with Gasteiger partial charge >= 0.3 is 0 Å². The molecule has 1 fully saturated rings. The lowest BCUT2D eigenvalue weighted by atomic mass is 9.96. The summed E-state index contributed by atoms with van der Waals surface area (Å²) in [5.74, 6) is 3.96. The van der Waals surface area contributed by atoms with Crippen LogP contribution in [0, 0.1) is 0 Å². The first-order valence-electron chi connectivity index (χ1n) is 6.52. The Morgan fingerprint density at radius 1 is 1.14 bits per heavy atom.